The van der Waals surface area contributed by atoms with Gasteiger partial charge in [-0.25, -0.2) is 0 Å². The van der Waals surface area contributed by atoms with E-state index in [1.54, 1.807) is 66.7 Å². The fourth-order valence-corrected chi connectivity index (χ4v) is 2.67. The summed E-state index contributed by atoms with van der Waals surface area (Å²) in [7, 11) is 0. The molecule has 0 aliphatic rings. The van der Waals surface area contributed by atoms with E-state index in [0.717, 1.165) is 0 Å². The molecule has 0 unspecified atom stereocenters. The number of anilines is 2. The van der Waals surface area contributed by atoms with Gasteiger partial charge in [-0.15, -0.1) is 0 Å². The first-order valence-corrected chi connectivity index (χ1v) is 8.61. The molecule has 0 aliphatic heterocycles. The Bertz CT molecular complexity index is 1050. The number of nitro benzene ring substituents is 1. The number of carbonyl (C=O) groups is 1. The molecule has 3 aromatic rings. The summed E-state index contributed by atoms with van der Waals surface area (Å²) in [5.41, 5.74) is 4.52. The molecule has 0 aliphatic carbocycles. The van der Waals surface area contributed by atoms with Gasteiger partial charge in [-0.3, -0.25) is 20.3 Å². The lowest BCUT2D eigenvalue weighted by molar-refractivity contribution is -0.384. The molecular formula is C20H15ClN4O3. The van der Waals surface area contributed by atoms with Crippen LogP contribution in [0, 0.1) is 10.1 Å². The topological polar surface area (TPSA) is 96.6 Å². The van der Waals surface area contributed by atoms with E-state index in [1.165, 1.54) is 12.3 Å². The van der Waals surface area contributed by atoms with Crippen molar-refractivity contribution in [2.24, 2.45) is 5.10 Å². The van der Waals surface area contributed by atoms with Crippen LogP contribution in [0.2, 0.25) is 5.02 Å². The number of rotatable bonds is 6. The molecule has 3 rings (SSSR count). The van der Waals surface area contributed by atoms with Gasteiger partial charge in [-0.05, 0) is 35.9 Å². The highest BCUT2D eigenvalue weighted by atomic mass is 35.5. The zero-order chi connectivity index (χ0) is 19.9. The minimum atomic E-state index is -0.483. The molecule has 0 aromatic heterocycles. The maximum absolute atomic E-state index is 12.3. The normalized spacial score (nSPS) is 10.6. The standard InChI is InChI=1S/C20H15ClN4O3/c21-17-9-2-1-8-16(17)20(26)23-15-7-5-6-14(12-15)13-22-24-18-10-3-4-11-19(18)25(27)28/h1-13,24H,(H,23,26)/b22-13+. The maximum atomic E-state index is 12.3. The van der Waals surface area contributed by atoms with Crippen molar-refractivity contribution in [2.75, 3.05) is 10.7 Å². The second kappa shape index (κ2) is 8.79. The van der Waals surface area contributed by atoms with Crippen molar-refractivity contribution in [3.8, 4) is 0 Å². The molecule has 0 saturated carbocycles. The van der Waals surface area contributed by atoms with E-state index < -0.39 is 4.92 Å². The van der Waals surface area contributed by atoms with Gasteiger partial charge in [0.05, 0.1) is 21.7 Å². The number of para-hydroxylation sites is 2. The zero-order valence-corrected chi connectivity index (χ0v) is 15.3. The van der Waals surface area contributed by atoms with E-state index in [-0.39, 0.29) is 17.3 Å². The predicted octanol–water partition coefficient (Wildman–Crippen LogP) is 4.95. The lowest BCUT2D eigenvalue weighted by Gasteiger charge is -2.07. The van der Waals surface area contributed by atoms with Crippen LogP contribution in [0.1, 0.15) is 15.9 Å². The van der Waals surface area contributed by atoms with Crippen molar-refractivity contribution < 1.29 is 9.72 Å². The molecule has 0 fully saturated rings. The summed E-state index contributed by atoms with van der Waals surface area (Å²) in [6.45, 7) is 0. The van der Waals surface area contributed by atoms with E-state index in [0.29, 0.717) is 21.8 Å². The number of benzene rings is 3. The van der Waals surface area contributed by atoms with Crippen molar-refractivity contribution in [2.45, 2.75) is 0 Å². The first-order chi connectivity index (χ1) is 13.5. The molecule has 8 heteroatoms. The van der Waals surface area contributed by atoms with Crippen molar-refractivity contribution >= 4 is 40.8 Å². The summed E-state index contributed by atoms with van der Waals surface area (Å²) in [5.74, 6) is -0.322. The number of nitro groups is 1. The van der Waals surface area contributed by atoms with Gasteiger partial charge >= 0.3 is 0 Å². The number of hydrogen-bond donors (Lipinski definition) is 2. The molecular weight excluding hydrogens is 380 g/mol. The third-order valence-electron chi connectivity index (χ3n) is 3.76. The molecule has 0 spiro atoms. The number of amides is 1. The summed E-state index contributed by atoms with van der Waals surface area (Å²) >= 11 is 6.04. The summed E-state index contributed by atoms with van der Waals surface area (Å²) in [6.07, 6.45) is 1.50. The third-order valence-corrected chi connectivity index (χ3v) is 4.09. The third kappa shape index (κ3) is 4.72. The second-order valence-corrected chi connectivity index (χ2v) is 6.11. The molecule has 1 amide bonds. The molecule has 0 saturated heterocycles. The smallest absolute Gasteiger partial charge is 0.294 e. The van der Waals surface area contributed by atoms with Gasteiger partial charge < -0.3 is 5.32 Å². The lowest BCUT2D eigenvalue weighted by atomic mass is 10.2. The van der Waals surface area contributed by atoms with Crippen LogP contribution in [-0.2, 0) is 0 Å². The predicted molar refractivity (Wildman–Crippen MR) is 110 cm³/mol. The van der Waals surface area contributed by atoms with Crippen LogP contribution in [-0.4, -0.2) is 17.0 Å². The lowest BCUT2D eigenvalue weighted by Crippen LogP contribution is -2.12. The highest BCUT2D eigenvalue weighted by Crippen LogP contribution is 2.23. The summed E-state index contributed by atoms with van der Waals surface area (Å²) < 4.78 is 0. The van der Waals surface area contributed by atoms with Crippen LogP contribution in [0.4, 0.5) is 17.1 Å². The molecule has 0 atom stereocenters. The van der Waals surface area contributed by atoms with E-state index in [2.05, 4.69) is 15.8 Å². The van der Waals surface area contributed by atoms with Gasteiger partial charge in [-0.1, -0.05) is 48.0 Å². The Hall–Kier alpha value is -3.71. The van der Waals surface area contributed by atoms with Gasteiger partial charge in [0.25, 0.3) is 11.6 Å². The van der Waals surface area contributed by atoms with E-state index in [9.17, 15) is 14.9 Å². The Balaban J connectivity index is 1.70. The Kier molecular flexibility index (Phi) is 5.98. The van der Waals surface area contributed by atoms with Crippen LogP contribution in [0.5, 0.6) is 0 Å². The van der Waals surface area contributed by atoms with Crippen LogP contribution < -0.4 is 10.7 Å². The summed E-state index contributed by atoms with van der Waals surface area (Å²) in [4.78, 5) is 22.9. The molecule has 0 heterocycles. The second-order valence-electron chi connectivity index (χ2n) is 5.70. The first kappa shape index (κ1) is 19.1. The fourth-order valence-electron chi connectivity index (χ4n) is 2.44. The summed E-state index contributed by atoms with van der Waals surface area (Å²) in [5, 5.41) is 18.2. The number of hydrazone groups is 1. The summed E-state index contributed by atoms with van der Waals surface area (Å²) in [6, 6.07) is 20.0. The largest absolute Gasteiger partial charge is 0.322 e. The van der Waals surface area contributed by atoms with Gasteiger partial charge in [0.15, 0.2) is 0 Å². The fraction of sp³-hybridized carbons (Fsp3) is 0. The van der Waals surface area contributed by atoms with Crippen LogP contribution >= 0.6 is 11.6 Å². The van der Waals surface area contributed by atoms with E-state index in [4.69, 9.17) is 11.6 Å². The van der Waals surface area contributed by atoms with Gasteiger partial charge in [0, 0.05) is 11.8 Å². The van der Waals surface area contributed by atoms with Crippen LogP contribution in [0.3, 0.4) is 0 Å². The van der Waals surface area contributed by atoms with Crippen molar-refractivity contribution in [3.63, 3.8) is 0 Å². The first-order valence-electron chi connectivity index (χ1n) is 8.23. The zero-order valence-electron chi connectivity index (χ0n) is 14.5. The van der Waals surface area contributed by atoms with Crippen molar-refractivity contribution in [3.05, 3.63) is 99.1 Å². The Morgan fingerprint density at radius 2 is 1.79 bits per heavy atom. The molecule has 2 N–H and O–H groups in total. The minimum Gasteiger partial charge on any atom is -0.322 e. The highest BCUT2D eigenvalue weighted by molar-refractivity contribution is 6.34. The number of nitrogens with zero attached hydrogens (tertiary/aromatic N) is 2. The molecule has 28 heavy (non-hydrogen) atoms. The number of hydrogen-bond acceptors (Lipinski definition) is 5. The average Bonchev–Trinajstić information content (AvgIpc) is 2.69. The molecule has 0 bridgehead atoms. The van der Waals surface area contributed by atoms with Gasteiger partial charge in [0.1, 0.15) is 5.69 Å². The van der Waals surface area contributed by atoms with Crippen LogP contribution in [0.15, 0.2) is 77.9 Å². The number of nitrogens with one attached hydrogen (secondary N) is 2. The van der Waals surface area contributed by atoms with Gasteiger partial charge in [-0.2, -0.15) is 5.10 Å². The highest BCUT2D eigenvalue weighted by Gasteiger charge is 2.11. The van der Waals surface area contributed by atoms with Crippen LogP contribution in [0.25, 0.3) is 0 Å². The Labute approximate surface area is 165 Å². The van der Waals surface area contributed by atoms with E-state index >= 15 is 0 Å². The van der Waals surface area contributed by atoms with Crippen molar-refractivity contribution in [1.29, 1.82) is 0 Å². The molecule has 140 valence electrons. The Morgan fingerprint density at radius 1 is 1.04 bits per heavy atom. The quantitative estimate of drug-likeness (QED) is 0.351. The average molecular weight is 395 g/mol. The van der Waals surface area contributed by atoms with Crippen molar-refractivity contribution in [1.82, 2.24) is 0 Å². The number of carbonyl (C=O) groups excluding carboxylic acids is 1. The Morgan fingerprint density at radius 3 is 2.57 bits per heavy atom. The molecule has 0 radical (unpaired) electrons. The maximum Gasteiger partial charge on any atom is 0.294 e. The molecule has 3 aromatic carbocycles. The minimum absolute atomic E-state index is 0.0691. The molecule has 7 nitrogen and oxygen atoms in total. The van der Waals surface area contributed by atoms with E-state index in [1.807, 2.05) is 0 Å². The van der Waals surface area contributed by atoms with Gasteiger partial charge in [0.2, 0.25) is 0 Å². The monoisotopic (exact) mass is 394 g/mol. The number of halogens is 1. The SMILES string of the molecule is O=C(Nc1cccc(/C=N/Nc2ccccc2[N+](=O)[O-])c1)c1ccccc1Cl.